The molecule has 0 fully saturated rings. The Balaban J connectivity index is 1.02. The van der Waals surface area contributed by atoms with Crippen LogP contribution in [0.1, 0.15) is 33.7 Å². The minimum absolute atomic E-state index is 0.256. The highest BCUT2D eigenvalue weighted by Crippen LogP contribution is 2.49. The first-order valence-corrected chi connectivity index (χ1v) is 17.9. The zero-order valence-electron chi connectivity index (χ0n) is 28.1. The maximum atomic E-state index is 2.44. The van der Waals surface area contributed by atoms with Crippen LogP contribution in [0.2, 0.25) is 0 Å². The molecule has 0 saturated carbocycles. The summed E-state index contributed by atoms with van der Waals surface area (Å²) in [5.74, 6) is 0.256. The number of fused-ring (bicyclic) bond motifs is 9. The maximum absolute atomic E-state index is 2.44. The van der Waals surface area contributed by atoms with E-state index in [1.807, 2.05) is 0 Å². The van der Waals surface area contributed by atoms with E-state index in [0.717, 1.165) is 6.42 Å². The van der Waals surface area contributed by atoms with E-state index in [9.17, 15) is 0 Å². The Bertz CT molecular complexity index is 2820. The average Bonchev–Trinajstić information content (AvgIpc) is 3.85. The third-order valence-corrected chi connectivity index (χ3v) is 11.4. The molecule has 9 aromatic rings. The standard InChI is InChI=1S/C50H33N/c1-2-11-33(12-3-1)50-44-17-7-6-15-41(44)47-29-34(24-28-45(47)50)35-23-27-43-42-16-8-9-20-48(42)51(49(43)31-35)37-25-21-32(22-26-37)38-18-10-19-40-39-14-5-4-13-36(39)30-46(38)40/h1-29,31,50H,30H2. The van der Waals surface area contributed by atoms with Gasteiger partial charge in [-0.3, -0.25) is 0 Å². The lowest BCUT2D eigenvalue weighted by molar-refractivity contribution is 1.02. The SMILES string of the molecule is c1ccc(C2c3ccccc3-c3cc(-c4ccc5c6ccccc6n(-c6ccc(-c7cccc8c7Cc7ccccc7-8)cc6)c5c4)ccc32)cc1. The highest BCUT2D eigenvalue weighted by molar-refractivity contribution is 6.10. The van der Waals surface area contributed by atoms with Crippen molar-refractivity contribution >= 4 is 21.8 Å². The lowest BCUT2D eigenvalue weighted by Gasteiger charge is -2.15. The minimum atomic E-state index is 0.256. The molecule has 8 aromatic carbocycles. The molecule has 2 aliphatic rings. The van der Waals surface area contributed by atoms with Crippen LogP contribution in [0.4, 0.5) is 0 Å². The van der Waals surface area contributed by atoms with Crippen molar-refractivity contribution in [3.63, 3.8) is 0 Å². The van der Waals surface area contributed by atoms with Crippen LogP contribution in [0, 0.1) is 0 Å². The quantitative estimate of drug-likeness (QED) is 0.179. The van der Waals surface area contributed by atoms with E-state index in [2.05, 4.69) is 187 Å². The number of hydrogen-bond donors (Lipinski definition) is 0. The van der Waals surface area contributed by atoms with Crippen LogP contribution in [0.3, 0.4) is 0 Å². The summed E-state index contributed by atoms with van der Waals surface area (Å²) in [7, 11) is 0. The summed E-state index contributed by atoms with van der Waals surface area (Å²) in [5, 5.41) is 2.54. The van der Waals surface area contributed by atoms with Gasteiger partial charge in [-0.15, -0.1) is 0 Å². The summed E-state index contributed by atoms with van der Waals surface area (Å²) in [6, 6.07) is 67.5. The van der Waals surface area contributed by atoms with Gasteiger partial charge in [-0.1, -0.05) is 152 Å². The van der Waals surface area contributed by atoms with Gasteiger partial charge >= 0.3 is 0 Å². The van der Waals surface area contributed by atoms with Gasteiger partial charge in [0.25, 0.3) is 0 Å². The molecule has 0 radical (unpaired) electrons. The van der Waals surface area contributed by atoms with E-state index in [0.29, 0.717) is 0 Å². The van der Waals surface area contributed by atoms with Crippen molar-refractivity contribution in [1.82, 2.24) is 4.57 Å². The normalized spacial score (nSPS) is 14.0. The molecule has 238 valence electrons. The van der Waals surface area contributed by atoms with Crippen LogP contribution < -0.4 is 0 Å². The largest absolute Gasteiger partial charge is 0.309 e. The van der Waals surface area contributed by atoms with Crippen LogP contribution in [0.25, 0.3) is 72.0 Å². The molecule has 0 amide bonds. The number of aromatic nitrogens is 1. The molecule has 1 nitrogen and oxygen atoms in total. The summed E-state index contributed by atoms with van der Waals surface area (Å²) in [4.78, 5) is 0. The first kappa shape index (κ1) is 28.4. The molecule has 1 atom stereocenters. The molecule has 0 saturated heterocycles. The number of hydrogen-bond acceptors (Lipinski definition) is 0. The topological polar surface area (TPSA) is 4.93 Å². The van der Waals surface area contributed by atoms with E-state index < -0.39 is 0 Å². The fraction of sp³-hybridized carbons (Fsp3) is 0.0400. The second-order valence-corrected chi connectivity index (χ2v) is 14.0. The molecule has 1 aromatic heterocycles. The van der Waals surface area contributed by atoms with Gasteiger partial charge in [0.05, 0.1) is 11.0 Å². The van der Waals surface area contributed by atoms with Crippen molar-refractivity contribution in [3.8, 4) is 50.2 Å². The van der Waals surface area contributed by atoms with Crippen LogP contribution in [0.15, 0.2) is 182 Å². The van der Waals surface area contributed by atoms with Crippen molar-refractivity contribution in [1.29, 1.82) is 0 Å². The summed E-state index contributed by atoms with van der Waals surface area (Å²) in [5.41, 5.74) is 21.1. The van der Waals surface area contributed by atoms with Gasteiger partial charge in [-0.2, -0.15) is 0 Å². The Morgan fingerprint density at radius 3 is 1.94 bits per heavy atom. The molecule has 2 aliphatic carbocycles. The van der Waals surface area contributed by atoms with E-state index in [-0.39, 0.29) is 5.92 Å². The number of benzene rings is 8. The molecule has 0 aliphatic heterocycles. The first-order valence-electron chi connectivity index (χ1n) is 17.9. The van der Waals surface area contributed by atoms with E-state index in [1.54, 1.807) is 0 Å². The van der Waals surface area contributed by atoms with Gasteiger partial charge in [0.15, 0.2) is 0 Å². The van der Waals surface area contributed by atoms with E-state index in [1.165, 1.54) is 99.8 Å². The Hall–Kier alpha value is -6.44. The predicted molar refractivity (Wildman–Crippen MR) is 213 cm³/mol. The molecule has 1 heteroatoms. The third-order valence-electron chi connectivity index (χ3n) is 11.4. The van der Waals surface area contributed by atoms with Gasteiger partial charge < -0.3 is 4.57 Å². The highest BCUT2D eigenvalue weighted by atomic mass is 15.0. The average molecular weight is 648 g/mol. The Morgan fingerprint density at radius 2 is 1.04 bits per heavy atom. The zero-order chi connectivity index (χ0) is 33.5. The zero-order valence-corrected chi connectivity index (χ0v) is 28.1. The first-order chi connectivity index (χ1) is 25.3. The van der Waals surface area contributed by atoms with Crippen molar-refractivity contribution in [2.45, 2.75) is 12.3 Å². The van der Waals surface area contributed by atoms with Crippen molar-refractivity contribution in [3.05, 3.63) is 210 Å². The molecular weight excluding hydrogens is 615 g/mol. The fourth-order valence-corrected chi connectivity index (χ4v) is 9.03. The lowest BCUT2D eigenvalue weighted by atomic mass is 9.89. The minimum Gasteiger partial charge on any atom is -0.309 e. The molecule has 11 rings (SSSR count). The third kappa shape index (κ3) is 4.28. The van der Waals surface area contributed by atoms with E-state index >= 15 is 0 Å². The molecule has 1 unspecified atom stereocenters. The van der Waals surface area contributed by atoms with Crippen LogP contribution in [0.5, 0.6) is 0 Å². The molecule has 0 N–H and O–H groups in total. The molecule has 1 heterocycles. The van der Waals surface area contributed by atoms with Gasteiger partial charge in [0, 0.05) is 22.4 Å². The molecule has 0 bridgehead atoms. The van der Waals surface area contributed by atoms with Gasteiger partial charge in [0.2, 0.25) is 0 Å². The second-order valence-electron chi connectivity index (χ2n) is 14.0. The Kier molecular flexibility index (Phi) is 6.15. The summed E-state index contributed by atoms with van der Waals surface area (Å²) >= 11 is 0. The maximum Gasteiger partial charge on any atom is 0.0547 e. The second kappa shape index (κ2) is 11.0. The van der Waals surface area contributed by atoms with Gasteiger partial charge in [-0.25, -0.2) is 0 Å². The van der Waals surface area contributed by atoms with Crippen molar-refractivity contribution in [2.24, 2.45) is 0 Å². The monoisotopic (exact) mass is 647 g/mol. The Morgan fingerprint density at radius 1 is 0.392 bits per heavy atom. The summed E-state index contributed by atoms with van der Waals surface area (Å²) in [6.45, 7) is 0. The molecule has 0 spiro atoms. The van der Waals surface area contributed by atoms with Gasteiger partial charge in [-0.05, 0) is 109 Å². The smallest absolute Gasteiger partial charge is 0.0547 e. The summed E-state index contributed by atoms with van der Waals surface area (Å²) < 4.78 is 2.44. The van der Waals surface area contributed by atoms with Crippen LogP contribution in [-0.4, -0.2) is 4.57 Å². The number of rotatable bonds is 4. The number of para-hydroxylation sites is 1. The van der Waals surface area contributed by atoms with Gasteiger partial charge in [0.1, 0.15) is 0 Å². The Labute approximate surface area is 297 Å². The van der Waals surface area contributed by atoms with E-state index in [4.69, 9.17) is 0 Å². The highest BCUT2D eigenvalue weighted by Gasteiger charge is 2.30. The van der Waals surface area contributed by atoms with Crippen molar-refractivity contribution < 1.29 is 0 Å². The molecule has 51 heavy (non-hydrogen) atoms. The van der Waals surface area contributed by atoms with Crippen LogP contribution in [-0.2, 0) is 6.42 Å². The number of nitrogens with zero attached hydrogens (tertiary/aromatic N) is 1. The summed E-state index contributed by atoms with van der Waals surface area (Å²) in [6.07, 6.45) is 0.986. The van der Waals surface area contributed by atoms with Crippen LogP contribution >= 0.6 is 0 Å². The molecular formula is C50H33N. The lowest BCUT2D eigenvalue weighted by Crippen LogP contribution is -1.98. The predicted octanol–water partition coefficient (Wildman–Crippen LogP) is 12.8. The van der Waals surface area contributed by atoms with Crippen molar-refractivity contribution in [2.75, 3.05) is 0 Å². The fourth-order valence-electron chi connectivity index (χ4n) is 9.03.